The number of nitrogens with zero attached hydrogens (tertiary/aromatic N) is 1. The van der Waals surface area contributed by atoms with Gasteiger partial charge in [-0.3, -0.25) is 4.79 Å². The van der Waals surface area contributed by atoms with Gasteiger partial charge in [-0.05, 0) is 55.7 Å². The smallest absolute Gasteiger partial charge is 0.277 e. The van der Waals surface area contributed by atoms with Crippen molar-refractivity contribution >= 4 is 28.1 Å². The first-order valence-electron chi connectivity index (χ1n) is 7.52. The third kappa shape index (κ3) is 4.96. The molecule has 0 aliphatic carbocycles. The molecule has 1 amide bonds. The number of amides is 1. The summed E-state index contributed by atoms with van der Waals surface area (Å²) in [4.78, 5) is 11.9. The topological polar surface area (TPSA) is 91.1 Å². The predicted molar refractivity (Wildman–Crippen MR) is 99.4 cm³/mol. The molecule has 7 heteroatoms. The molecule has 0 unspecified atom stereocenters. The second kappa shape index (κ2) is 8.02. The van der Waals surface area contributed by atoms with E-state index in [-0.39, 0.29) is 18.1 Å². The first-order chi connectivity index (χ1) is 11.8. The minimum absolute atomic E-state index is 0.0372. The first-order valence-corrected chi connectivity index (χ1v) is 8.31. The van der Waals surface area contributed by atoms with Crippen molar-refractivity contribution in [3.05, 3.63) is 51.0 Å². The van der Waals surface area contributed by atoms with Gasteiger partial charge in [0.1, 0.15) is 17.2 Å². The van der Waals surface area contributed by atoms with Gasteiger partial charge in [0, 0.05) is 16.1 Å². The molecule has 0 saturated heterocycles. The zero-order valence-electron chi connectivity index (χ0n) is 14.1. The van der Waals surface area contributed by atoms with Gasteiger partial charge in [-0.2, -0.15) is 5.10 Å². The number of aromatic hydroxyl groups is 2. The van der Waals surface area contributed by atoms with Crippen LogP contribution in [0.15, 0.2) is 33.8 Å². The van der Waals surface area contributed by atoms with E-state index in [1.807, 2.05) is 26.0 Å². The van der Waals surface area contributed by atoms with E-state index >= 15 is 0 Å². The molecule has 132 valence electrons. The van der Waals surface area contributed by atoms with Gasteiger partial charge in [0.25, 0.3) is 5.91 Å². The first kappa shape index (κ1) is 18.8. The van der Waals surface area contributed by atoms with Crippen molar-refractivity contribution in [1.82, 2.24) is 5.43 Å². The second-order valence-corrected chi connectivity index (χ2v) is 6.56. The fourth-order valence-corrected chi connectivity index (χ4v) is 3.08. The third-order valence-corrected chi connectivity index (χ3v) is 3.96. The maximum atomic E-state index is 11.9. The average molecular weight is 407 g/mol. The molecule has 0 saturated carbocycles. The van der Waals surface area contributed by atoms with Crippen LogP contribution in [0.3, 0.4) is 0 Å². The Morgan fingerprint density at radius 1 is 1.16 bits per heavy atom. The van der Waals surface area contributed by atoms with Gasteiger partial charge in [-0.1, -0.05) is 15.9 Å². The second-order valence-electron chi connectivity index (χ2n) is 5.65. The van der Waals surface area contributed by atoms with Gasteiger partial charge in [0.05, 0.1) is 6.21 Å². The molecule has 25 heavy (non-hydrogen) atoms. The van der Waals surface area contributed by atoms with E-state index in [4.69, 9.17) is 4.74 Å². The predicted octanol–water partition coefficient (Wildman–Crippen LogP) is 3.31. The van der Waals surface area contributed by atoms with E-state index in [2.05, 4.69) is 26.5 Å². The number of hydrogen-bond acceptors (Lipinski definition) is 5. The summed E-state index contributed by atoms with van der Waals surface area (Å²) in [6.45, 7) is 5.34. The van der Waals surface area contributed by atoms with Gasteiger partial charge < -0.3 is 14.9 Å². The molecule has 0 atom stereocenters. The van der Waals surface area contributed by atoms with Gasteiger partial charge in [-0.25, -0.2) is 5.43 Å². The van der Waals surface area contributed by atoms with Crippen molar-refractivity contribution in [3.8, 4) is 17.2 Å². The van der Waals surface area contributed by atoms with Gasteiger partial charge >= 0.3 is 0 Å². The van der Waals surface area contributed by atoms with Crippen molar-refractivity contribution in [2.24, 2.45) is 5.10 Å². The Bertz CT molecular complexity index is 788. The Morgan fingerprint density at radius 2 is 1.80 bits per heavy atom. The number of carbonyl (C=O) groups excluding carboxylic acids is 1. The zero-order chi connectivity index (χ0) is 18.6. The molecular formula is C18H19BrN2O4. The maximum absolute atomic E-state index is 11.9. The van der Waals surface area contributed by atoms with E-state index in [1.165, 1.54) is 18.3 Å². The van der Waals surface area contributed by atoms with Crippen LogP contribution in [0.2, 0.25) is 0 Å². The average Bonchev–Trinajstić information content (AvgIpc) is 2.48. The molecular weight excluding hydrogens is 388 g/mol. The molecule has 0 aromatic heterocycles. The summed E-state index contributed by atoms with van der Waals surface area (Å²) < 4.78 is 6.51. The molecule has 2 aromatic rings. The number of aryl methyl sites for hydroxylation is 3. The molecule has 0 radical (unpaired) electrons. The lowest BCUT2D eigenvalue weighted by Crippen LogP contribution is -2.25. The molecule has 0 spiro atoms. The highest BCUT2D eigenvalue weighted by Gasteiger charge is 2.09. The van der Waals surface area contributed by atoms with Crippen LogP contribution < -0.4 is 10.2 Å². The summed E-state index contributed by atoms with van der Waals surface area (Å²) in [5.41, 5.74) is 5.24. The number of phenols is 2. The van der Waals surface area contributed by atoms with Crippen LogP contribution in [-0.2, 0) is 4.79 Å². The van der Waals surface area contributed by atoms with Crippen molar-refractivity contribution in [2.75, 3.05) is 6.61 Å². The fraction of sp³-hybridized carbons (Fsp3) is 0.222. The lowest BCUT2D eigenvalue weighted by molar-refractivity contribution is -0.123. The number of rotatable bonds is 5. The van der Waals surface area contributed by atoms with E-state index in [0.717, 1.165) is 15.6 Å². The maximum Gasteiger partial charge on any atom is 0.277 e. The number of nitrogens with one attached hydrogen (secondary N) is 1. The number of benzene rings is 2. The molecule has 0 fully saturated rings. The molecule has 2 rings (SSSR count). The number of phenolic OH excluding ortho intramolecular Hbond substituents is 2. The summed E-state index contributed by atoms with van der Waals surface area (Å²) in [6, 6.07) is 6.52. The summed E-state index contributed by atoms with van der Waals surface area (Å²) in [5, 5.41) is 23.0. The largest absolute Gasteiger partial charge is 0.508 e. The SMILES string of the molecule is Cc1cc(O)cc(O)c1/C=N/NC(=O)COc1c(C)cc(Br)cc1C. The van der Waals surface area contributed by atoms with Gasteiger partial charge in [0.2, 0.25) is 0 Å². The third-order valence-electron chi connectivity index (χ3n) is 3.51. The van der Waals surface area contributed by atoms with Crippen LogP contribution in [0.25, 0.3) is 0 Å². The Morgan fingerprint density at radius 3 is 2.40 bits per heavy atom. The van der Waals surface area contributed by atoms with Crippen LogP contribution in [0.5, 0.6) is 17.2 Å². The van der Waals surface area contributed by atoms with Crippen LogP contribution >= 0.6 is 15.9 Å². The highest BCUT2D eigenvalue weighted by Crippen LogP contribution is 2.27. The van der Waals surface area contributed by atoms with E-state index in [0.29, 0.717) is 16.9 Å². The number of carbonyl (C=O) groups is 1. The summed E-state index contributed by atoms with van der Waals surface area (Å²) in [6.07, 6.45) is 1.32. The molecule has 6 nitrogen and oxygen atoms in total. The summed E-state index contributed by atoms with van der Waals surface area (Å²) in [5.74, 6) is 0.0842. The van der Waals surface area contributed by atoms with Crippen molar-refractivity contribution in [2.45, 2.75) is 20.8 Å². The van der Waals surface area contributed by atoms with E-state index in [9.17, 15) is 15.0 Å². The quantitative estimate of drug-likeness (QED) is 0.524. The van der Waals surface area contributed by atoms with Crippen molar-refractivity contribution in [3.63, 3.8) is 0 Å². The van der Waals surface area contributed by atoms with Crippen molar-refractivity contribution < 1.29 is 19.7 Å². The molecule has 0 aliphatic heterocycles. The lowest BCUT2D eigenvalue weighted by atomic mass is 10.1. The molecule has 0 bridgehead atoms. The number of hydrogen-bond donors (Lipinski definition) is 3. The van der Waals surface area contributed by atoms with E-state index < -0.39 is 5.91 Å². The lowest BCUT2D eigenvalue weighted by Gasteiger charge is -2.11. The number of ether oxygens (including phenoxy) is 1. The van der Waals surface area contributed by atoms with Crippen molar-refractivity contribution in [1.29, 1.82) is 0 Å². The Balaban J connectivity index is 1.96. The molecule has 3 N–H and O–H groups in total. The number of halogens is 1. The van der Waals surface area contributed by atoms with Gasteiger partial charge in [-0.15, -0.1) is 0 Å². The van der Waals surface area contributed by atoms with Crippen LogP contribution in [0, 0.1) is 20.8 Å². The Hall–Kier alpha value is -2.54. The zero-order valence-corrected chi connectivity index (χ0v) is 15.7. The minimum Gasteiger partial charge on any atom is -0.508 e. The van der Waals surface area contributed by atoms with Crippen LogP contribution in [0.1, 0.15) is 22.3 Å². The van der Waals surface area contributed by atoms with E-state index in [1.54, 1.807) is 6.92 Å². The van der Waals surface area contributed by atoms with Crippen LogP contribution in [0.4, 0.5) is 0 Å². The molecule has 2 aromatic carbocycles. The standard InChI is InChI=1S/C18H19BrN2O4/c1-10-6-14(22)7-16(23)15(10)8-20-21-17(24)9-25-18-11(2)4-13(19)5-12(18)3/h4-8,22-23H,9H2,1-3H3,(H,21,24)/b20-8+. The summed E-state index contributed by atoms with van der Waals surface area (Å²) >= 11 is 3.41. The monoisotopic (exact) mass is 406 g/mol. The highest BCUT2D eigenvalue weighted by atomic mass is 79.9. The Kier molecular flexibility index (Phi) is 6.03. The highest BCUT2D eigenvalue weighted by molar-refractivity contribution is 9.10. The fourth-order valence-electron chi connectivity index (χ4n) is 2.39. The molecule has 0 aliphatic rings. The number of hydrazone groups is 1. The van der Waals surface area contributed by atoms with Crippen LogP contribution in [-0.4, -0.2) is 28.9 Å². The molecule has 0 heterocycles. The normalized spacial score (nSPS) is 10.9. The Labute approximate surface area is 154 Å². The minimum atomic E-state index is -0.422. The van der Waals surface area contributed by atoms with Gasteiger partial charge in [0.15, 0.2) is 6.61 Å². The summed E-state index contributed by atoms with van der Waals surface area (Å²) in [7, 11) is 0.